The van der Waals surface area contributed by atoms with E-state index in [1.807, 2.05) is 31.2 Å². The lowest BCUT2D eigenvalue weighted by atomic mass is 10.1. The minimum atomic E-state index is -0.149. The summed E-state index contributed by atoms with van der Waals surface area (Å²) < 4.78 is 10.9. The Bertz CT molecular complexity index is 1090. The summed E-state index contributed by atoms with van der Waals surface area (Å²) >= 11 is 2.69. The molecule has 29 heavy (non-hydrogen) atoms. The van der Waals surface area contributed by atoms with Crippen LogP contribution in [0.3, 0.4) is 0 Å². The van der Waals surface area contributed by atoms with Crippen LogP contribution in [-0.4, -0.2) is 31.2 Å². The predicted molar refractivity (Wildman–Crippen MR) is 107 cm³/mol. The van der Waals surface area contributed by atoms with Crippen molar-refractivity contribution in [2.24, 2.45) is 0 Å². The maximum atomic E-state index is 11.9. The van der Waals surface area contributed by atoms with Crippen LogP contribution in [0.4, 0.5) is 5.13 Å². The second-order valence-electron chi connectivity index (χ2n) is 6.02. The lowest BCUT2D eigenvalue weighted by Gasteiger charge is -1.98. The number of nitrogens with zero attached hydrogens (tertiary/aromatic N) is 5. The number of anilines is 1. The number of thiazole rings is 1. The third-order valence-corrected chi connectivity index (χ3v) is 5.25. The van der Waals surface area contributed by atoms with E-state index in [9.17, 15) is 4.79 Å². The molecule has 4 aromatic rings. The fraction of sp³-hybridized carbons (Fsp3) is 0.222. The van der Waals surface area contributed by atoms with E-state index in [4.69, 9.17) is 8.94 Å². The minimum Gasteiger partial charge on any atom is -0.411 e. The Morgan fingerprint density at radius 1 is 1.31 bits per heavy atom. The van der Waals surface area contributed by atoms with Crippen LogP contribution in [-0.2, 0) is 17.0 Å². The second kappa shape index (κ2) is 8.97. The summed E-state index contributed by atoms with van der Waals surface area (Å²) in [6.45, 7) is 2.01. The first-order chi connectivity index (χ1) is 14.2. The molecule has 3 aromatic heterocycles. The molecule has 0 radical (unpaired) electrons. The molecule has 3 heterocycles. The number of rotatable bonds is 8. The van der Waals surface area contributed by atoms with E-state index >= 15 is 0 Å². The van der Waals surface area contributed by atoms with Crippen LogP contribution >= 0.6 is 23.1 Å². The number of carbonyl (C=O) groups is 1. The number of nitrogens with one attached hydrogen (secondary N) is 1. The molecule has 0 saturated heterocycles. The Labute approximate surface area is 174 Å². The lowest BCUT2D eigenvalue weighted by Crippen LogP contribution is -2.12. The molecule has 0 atom stereocenters. The zero-order chi connectivity index (χ0) is 20.1. The summed E-state index contributed by atoms with van der Waals surface area (Å²) in [4.78, 5) is 20.2. The first-order valence-electron chi connectivity index (χ1n) is 8.70. The summed E-state index contributed by atoms with van der Waals surface area (Å²) in [5.74, 6) is 1.64. The van der Waals surface area contributed by atoms with Crippen molar-refractivity contribution < 1.29 is 13.7 Å². The molecule has 1 aromatic carbocycles. The number of amides is 1. The molecule has 0 fully saturated rings. The van der Waals surface area contributed by atoms with E-state index in [0.29, 0.717) is 40.1 Å². The Morgan fingerprint density at radius 2 is 2.24 bits per heavy atom. The molecule has 0 unspecified atom stereocenters. The zero-order valence-electron chi connectivity index (χ0n) is 15.4. The fourth-order valence-corrected chi connectivity index (χ4v) is 3.58. The van der Waals surface area contributed by atoms with Crippen LogP contribution in [0.1, 0.15) is 23.7 Å². The minimum absolute atomic E-state index is 0.149. The molecule has 0 saturated carbocycles. The van der Waals surface area contributed by atoms with Gasteiger partial charge in [0.2, 0.25) is 17.7 Å². The quantitative estimate of drug-likeness (QED) is 0.418. The van der Waals surface area contributed by atoms with Gasteiger partial charge in [-0.2, -0.15) is 4.98 Å². The third kappa shape index (κ3) is 5.27. The van der Waals surface area contributed by atoms with Gasteiger partial charge in [0.1, 0.15) is 0 Å². The Balaban J connectivity index is 1.27. The summed E-state index contributed by atoms with van der Waals surface area (Å²) in [7, 11) is 0. The first-order valence-corrected chi connectivity index (χ1v) is 10.6. The van der Waals surface area contributed by atoms with Crippen LogP contribution in [0.15, 0.2) is 50.0 Å². The highest BCUT2D eigenvalue weighted by Gasteiger charge is 2.13. The molecule has 0 bridgehead atoms. The molecule has 0 aliphatic heterocycles. The molecule has 11 heteroatoms. The predicted octanol–water partition coefficient (Wildman–Crippen LogP) is 3.75. The van der Waals surface area contributed by atoms with Crippen molar-refractivity contribution in [3.63, 3.8) is 0 Å². The van der Waals surface area contributed by atoms with Crippen LogP contribution < -0.4 is 5.32 Å². The smallest absolute Gasteiger partial charge is 0.277 e. The molecule has 0 aliphatic rings. The van der Waals surface area contributed by atoms with Crippen LogP contribution in [0.2, 0.25) is 0 Å². The highest BCUT2D eigenvalue weighted by Crippen LogP contribution is 2.25. The van der Waals surface area contributed by atoms with E-state index in [2.05, 4.69) is 30.6 Å². The van der Waals surface area contributed by atoms with Gasteiger partial charge in [0.05, 0.1) is 5.75 Å². The van der Waals surface area contributed by atoms with Gasteiger partial charge in [-0.25, -0.2) is 4.98 Å². The maximum Gasteiger partial charge on any atom is 0.277 e. The van der Waals surface area contributed by atoms with Crippen molar-refractivity contribution in [2.75, 3.05) is 5.32 Å². The Hall–Kier alpha value is -3.05. The number of aromatic nitrogens is 5. The molecule has 148 valence electrons. The van der Waals surface area contributed by atoms with Gasteiger partial charge in [-0.15, -0.1) is 21.5 Å². The summed E-state index contributed by atoms with van der Waals surface area (Å²) in [5.41, 5.74) is 2.00. The van der Waals surface area contributed by atoms with Crippen LogP contribution in [0, 0.1) is 6.92 Å². The molecule has 0 spiro atoms. The van der Waals surface area contributed by atoms with Crippen molar-refractivity contribution >= 4 is 34.1 Å². The number of aryl methyl sites for hydroxylation is 2. The fourth-order valence-electron chi connectivity index (χ4n) is 2.43. The van der Waals surface area contributed by atoms with E-state index in [0.717, 1.165) is 11.1 Å². The van der Waals surface area contributed by atoms with Gasteiger partial charge >= 0.3 is 0 Å². The second-order valence-corrected chi connectivity index (χ2v) is 7.84. The first kappa shape index (κ1) is 19.3. The largest absolute Gasteiger partial charge is 0.411 e. The zero-order valence-corrected chi connectivity index (χ0v) is 17.0. The van der Waals surface area contributed by atoms with E-state index in [-0.39, 0.29) is 12.3 Å². The molecule has 9 nitrogen and oxygen atoms in total. The Morgan fingerprint density at radius 3 is 3.07 bits per heavy atom. The van der Waals surface area contributed by atoms with Gasteiger partial charge in [0.15, 0.2) is 11.0 Å². The Kier molecular flexibility index (Phi) is 5.96. The molecule has 1 amide bonds. The average molecular weight is 428 g/mol. The normalized spacial score (nSPS) is 10.9. The van der Waals surface area contributed by atoms with Crippen molar-refractivity contribution in [2.45, 2.75) is 30.7 Å². The van der Waals surface area contributed by atoms with Crippen molar-refractivity contribution in [1.29, 1.82) is 0 Å². The van der Waals surface area contributed by atoms with E-state index in [1.165, 1.54) is 23.1 Å². The van der Waals surface area contributed by atoms with Crippen molar-refractivity contribution in [3.05, 3.63) is 53.1 Å². The molecular weight excluding hydrogens is 412 g/mol. The maximum absolute atomic E-state index is 11.9. The monoisotopic (exact) mass is 428 g/mol. The number of carbonyl (C=O) groups excluding carboxylic acids is 1. The van der Waals surface area contributed by atoms with Crippen LogP contribution in [0.25, 0.3) is 11.5 Å². The standard InChI is InChI=1S/C18H16N6O3S2/c1-11-3-2-4-12(9-11)16-22-23-18(26-16)29-10-13-20-15(27-24-13)6-5-14(25)21-17-19-7-8-28-17/h2-4,7-9H,5-6,10H2,1H3,(H,19,21,25). The van der Waals surface area contributed by atoms with Gasteiger partial charge < -0.3 is 14.3 Å². The number of thioether (sulfide) groups is 1. The lowest BCUT2D eigenvalue weighted by molar-refractivity contribution is -0.116. The molecular formula is C18H16N6O3S2. The molecule has 0 aliphatic carbocycles. The molecule has 4 rings (SSSR count). The van der Waals surface area contributed by atoms with Crippen LogP contribution in [0.5, 0.6) is 0 Å². The van der Waals surface area contributed by atoms with Gasteiger partial charge in [-0.1, -0.05) is 34.6 Å². The number of hydrogen-bond acceptors (Lipinski definition) is 10. The third-order valence-electron chi connectivity index (χ3n) is 3.75. The highest BCUT2D eigenvalue weighted by molar-refractivity contribution is 7.98. The van der Waals surface area contributed by atoms with Gasteiger partial charge in [-0.05, 0) is 19.1 Å². The summed E-state index contributed by atoms with van der Waals surface area (Å²) in [6, 6.07) is 7.86. The average Bonchev–Trinajstić information content (AvgIpc) is 3.47. The van der Waals surface area contributed by atoms with Gasteiger partial charge in [-0.3, -0.25) is 4.79 Å². The van der Waals surface area contributed by atoms with E-state index < -0.39 is 0 Å². The SMILES string of the molecule is Cc1cccc(-c2nnc(SCc3noc(CCC(=O)Nc4nccs4)n3)o2)c1. The molecule has 1 N–H and O–H groups in total. The topological polar surface area (TPSA) is 120 Å². The summed E-state index contributed by atoms with van der Waals surface area (Å²) in [6.07, 6.45) is 2.22. The van der Waals surface area contributed by atoms with Crippen molar-refractivity contribution in [1.82, 2.24) is 25.3 Å². The number of benzene rings is 1. The van der Waals surface area contributed by atoms with Crippen molar-refractivity contribution in [3.8, 4) is 11.5 Å². The number of hydrogen-bond donors (Lipinski definition) is 1. The summed E-state index contributed by atoms with van der Waals surface area (Å²) in [5, 5.41) is 17.5. The van der Waals surface area contributed by atoms with E-state index in [1.54, 1.807) is 11.6 Å². The van der Waals surface area contributed by atoms with Gasteiger partial charge in [0.25, 0.3) is 5.22 Å². The highest BCUT2D eigenvalue weighted by atomic mass is 32.2. The van der Waals surface area contributed by atoms with Gasteiger partial charge in [0, 0.05) is 30.0 Å².